The summed E-state index contributed by atoms with van der Waals surface area (Å²) in [7, 11) is -8.74. The second-order valence-corrected chi connectivity index (χ2v) is 7.70. The molecule has 0 saturated carbocycles. The Morgan fingerprint density at radius 3 is 2.17 bits per heavy atom. The third-order valence-corrected chi connectivity index (χ3v) is 4.44. The van der Waals surface area contributed by atoms with Crippen LogP contribution in [-0.4, -0.2) is 46.8 Å². The molecule has 0 aromatic heterocycles. The minimum atomic E-state index is -5.28. The highest BCUT2D eigenvalue weighted by molar-refractivity contribution is 7.90. The number of ether oxygens (including phenoxy) is 1. The van der Waals surface area contributed by atoms with Gasteiger partial charge in [-0.1, -0.05) is 16.0 Å². The van der Waals surface area contributed by atoms with Crippen molar-refractivity contribution in [3.63, 3.8) is 0 Å². The number of sulfone groups is 1. The lowest BCUT2D eigenvalue weighted by molar-refractivity contribution is -0.148. The van der Waals surface area contributed by atoms with Crippen molar-refractivity contribution in [2.24, 2.45) is 0 Å². The summed E-state index contributed by atoms with van der Waals surface area (Å²) in [6.45, 7) is 1.34. The molecule has 0 aliphatic heterocycles. The molecule has 0 aliphatic carbocycles. The fourth-order valence-corrected chi connectivity index (χ4v) is 2.89. The molecule has 1 aromatic rings. The fraction of sp³-hybridized carbons (Fsp3) is 0.417. The summed E-state index contributed by atoms with van der Waals surface area (Å²) in [5, 5.41) is 10.1. The first kappa shape index (κ1) is 19.5. The maximum atomic E-state index is 12.8. The number of halogens is 1. The summed E-state index contributed by atoms with van der Waals surface area (Å²) in [4.78, 5) is 11.7. The van der Waals surface area contributed by atoms with E-state index in [4.69, 9.17) is 0 Å². The minimum Gasteiger partial charge on any atom is -0.465 e. The van der Waals surface area contributed by atoms with Crippen molar-refractivity contribution < 1.29 is 35.4 Å². The van der Waals surface area contributed by atoms with Crippen molar-refractivity contribution in [1.82, 2.24) is 4.72 Å². The van der Waals surface area contributed by atoms with Gasteiger partial charge in [0.25, 0.3) is 0 Å². The smallest absolute Gasteiger partial charge is 0.373 e. The van der Waals surface area contributed by atoms with Crippen molar-refractivity contribution in [2.75, 3.05) is 12.9 Å². The zero-order valence-electron chi connectivity index (χ0n) is 12.3. The topological polar surface area (TPSA) is 127 Å². The zero-order chi connectivity index (χ0) is 17.8. The van der Waals surface area contributed by atoms with E-state index in [9.17, 15) is 30.6 Å². The maximum Gasteiger partial charge on any atom is 0.373 e. The Morgan fingerprint density at radius 1 is 1.26 bits per heavy atom. The number of esters is 1. The van der Waals surface area contributed by atoms with Gasteiger partial charge < -0.3 is 9.84 Å². The Labute approximate surface area is 133 Å². The van der Waals surface area contributed by atoms with Crippen LogP contribution in [0.4, 0.5) is 3.89 Å². The van der Waals surface area contributed by atoms with Crippen LogP contribution in [0.15, 0.2) is 29.2 Å². The van der Waals surface area contributed by atoms with Gasteiger partial charge in [-0.3, -0.25) is 4.79 Å². The lowest BCUT2D eigenvalue weighted by atomic mass is 10.0. The van der Waals surface area contributed by atoms with Crippen LogP contribution in [-0.2, 0) is 29.8 Å². The number of aliphatic hydroxyl groups excluding tert-OH is 1. The molecule has 0 amide bonds. The first-order valence-electron chi connectivity index (χ1n) is 6.32. The van der Waals surface area contributed by atoms with E-state index in [1.54, 1.807) is 0 Å². The predicted octanol–water partition coefficient (Wildman–Crippen LogP) is -0.141. The molecule has 130 valence electrons. The van der Waals surface area contributed by atoms with Crippen molar-refractivity contribution in [2.45, 2.75) is 24.0 Å². The van der Waals surface area contributed by atoms with Crippen molar-refractivity contribution >= 4 is 26.2 Å². The summed E-state index contributed by atoms with van der Waals surface area (Å²) in [6, 6.07) is 2.79. The standard InChI is InChI=1S/C12H16FNO7S2/c1-3-21-12(16)10(14-23(13,19)20)11(15)8-4-6-9(7-5-8)22(2,17)18/h4-7,10-11,14-15H,3H2,1-2H3/t10-,11+/m1/s1. The van der Waals surface area contributed by atoms with Gasteiger partial charge in [0.2, 0.25) is 0 Å². The molecule has 0 fully saturated rings. The molecule has 0 heterocycles. The maximum absolute atomic E-state index is 12.8. The van der Waals surface area contributed by atoms with Gasteiger partial charge >= 0.3 is 16.4 Å². The number of benzene rings is 1. The average Bonchev–Trinajstić information content (AvgIpc) is 2.42. The Morgan fingerprint density at radius 2 is 1.78 bits per heavy atom. The van der Waals surface area contributed by atoms with Gasteiger partial charge in [0.15, 0.2) is 15.9 Å². The van der Waals surface area contributed by atoms with E-state index in [1.807, 2.05) is 0 Å². The summed E-state index contributed by atoms with van der Waals surface area (Å²) < 4.78 is 62.8. The van der Waals surface area contributed by atoms with E-state index in [0.717, 1.165) is 6.26 Å². The molecule has 0 aliphatic rings. The van der Waals surface area contributed by atoms with E-state index in [2.05, 4.69) is 4.74 Å². The normalized spacial score (nSPS) is 15.0. The lowest BCUT2D eigenvalue weighted by Gasteiger charge is -2.21. The largest absolute Gasteiger partial charge is 0.465 e. The number of rotatable bonds is 7. The lowest BCUT2D eigenvalue weighted by Crippen LogP contribution is -2.44. The molecule has 23 heavy (non-hydrogen) atoms. The first-order valence-corrected chi connectivity index (χ1v) is 9.60. The van der Waals surface area contributed by atoms with E-state index in [0.29, 0.717) is 0 Å². The summed E-state index contributed by atoms with van der Waals surface area (Å²) in [6.07, 6.45) is -0.787. The van der Waals surface area contributed by atoms with Gasteiger partial charge in [-0.05, 0) is 24.6 Å². The van der Waals surface area contributed by atoms with Gasteiger partial charge in [0, 0.05) is 6.26 Å². The summed E-state index contributed by atoms with van der Waals surface area (Å²) in [5.74, 6) is -1.17. The number of aliphatic hydroxyl groups is 1. The molecule has 2 N–H and O–H groups in total. The van der Waals surface area contributed by atoms with E-state index in [1.165, 1.54) is 35.9 Å². The van der Waals surface area contributed by atoms with Crippen LogP contribution in [0.25, 0.3) is 0 Å². The molecular weight excluding hydrogens is 353 g/mol. The SMILES string of the molecule is CCOC(=O)[C@H](NS(=O)(=O)F)[C@@H](O)c1ccc(S(C)(=O)=O)cc1. The third kappa shape index (κ3) is 5.86. The molecular formula is C12H16FNO7S2. The number of hydrogen-bond donors (Lipinski definition) is 2. The van der Waals surface area contributed by atoms with Crippen molar-refractivity contribution in [3.8, 4) is 0 Å². The van der Waals surface area contributed by atoms with Gasteiger partial charge in [0.1, 0.15) is 6.10 Å². The van der Waals surface area contributed by atoms with Crippen molar-refractivity contribution in [1.29, 1.82) is 0 Å². The highest BCUT2D eigenvalue weighted by Crippen LogP contribution is 2.21. The highest BCUT2D eigenvalue weighted by atomic mass is 32.3. The molecule has 2 atom stereocenters. The van der Waals surface area contributed by atoms with Crippen LogP contribution in [0.3, 0.4) is 0 Å². The van der Waals surface area contributed by atoms with E-state index < -0.39 is 38.4 Å². The van der Waals surface area contributed by atoms with Crippen LogP contribution >= 0.6 is 0 Å². The molecule has 0 bridgehead atoms. The highest BCUT2D eigenvalue weighted by Gasteiger charge is 2.33. The molecule has 11 heteroatoms. The van der Waals surface area contributed by atoms with E-state index >= 15 is 0 Å². The number of nitrogens with one attached hydrogen (secondary N) is 1. The van der Waals surface area contributed by atoms with Crippen LogP contribution in [0.5, 0.6) is 0 Å². The Kier molecular flexibility index (Phi) is 6.22. The Balaban J connectivity index is 3.13. The van der Waals surface area contributed by atoms with Gasteiger partial charge in [-0.2, -0.15) is 13.1 Å². The van der Waals surface area contributed by atoms with Crippen LogP contribution in [0.1, 0.15) is 18.6 Å². The van der Waals surface area contributed by atoms with Crippen LogP contribution < -0.4 is 4.72 Å². The quantitative estimate of drug-likeness (QED) is 0.506. The molecule has 0 spiro atoms. The zero-order valence-corrected chi connectivity index (χ0v) is 13.9. The molecule has 0 saturated heterocycles. The molecule has 1 rings (SSSR count). The second-order valence-electron chi connectivity index (χ2n) is 4.57. The average molecular weight is 369 g/mol. The second kappa shape index (κ2) is 7.34. The number of carbonyl (C=O) groups is 1. The Bertz CT molecular complexity index is 759. The summed E-state index contributed by atoms with van der Waals surface area (Å²) >= 11 is 0. The monoisotopic (exact) mass is 369 g/mol. The molecule has 0 unspecified atom stereocenters. The fourth-order valence-electron chi connectivity index (χ4n) is 1.73. The molecule has 8 nitrogen and oxygen atoms in total. The van der Waals surface area contributed by atoms with Crippen LogP contribution in [0, 0.1) is 0 Å². The summed E-state index contributed by atoms with van der Waals surface area (Å²) in [5.41, 5.74) is 0.00611. The molecule has 0 radical (unpaired) electrons. The van der Waals surface area contributed by atoms with Gasteiger partial charge in [-0.25, -0.2) is 8.42 Å². The first-order chi connectivity index (χ1) is 10.5. The minimum absolute atomic E-state index is 0.00611. The number of hydrogen-bond acceptors (Lipinski definition) is 7. The van der Waals surface area contributed by atoms with Gasteiger partial charge in [-0.15, -0.1) is 0 Å². The van der Waals surface area contributed by atoms with Crippen LogP contribution in [0.2, 0.25) is 0 Å². The van der Waals surface area contributed by atoms with Crippen molar-refractivity contribution in [3.05, 3.63) is 29.8 Å². The van der Waals surface area contributed by atoms with Gasteiger partial charge in [0.05, 0.1) is 11.5 Å². The number of carbonyl (C=O) groups excluding carboxylic acids is 1. The van der Waals surface area contributed by atoms with E-state index in [-0.39, 0.29) is 17.1 Å². The Hall–Kier alpha value is -1.56. The molecule has 1 aromatic carbocycles. The predicted molar refractivity (Wildman–Crippen MR) is 78.1 cm³/mol. The third-order valence-electron chi connectivity index (χ3n) is 2.77.